The van der Waals surface area contributed by atoms with Crippen molar-refractivity contribution in [3.63, 3.8) is 0 Å². The van der Waals surface area contributed by atoms with Gasteiger partial charge < -0.3 is 34.7 Å². The largest absolute Gasteiger partial charge is 4.00 e. The van der Waals surface area contributed by atoms with E-state index in [4.69, 9.17) is 34.7 Å². The van der Waals surface area contributed by atoms with Gasteiger partial charge in [-0.2, -0.15) is 0 Å². The topological polar surface area (TPSA) is 18.5 Å². The smallest absolute Gasteiger partial charge is 0.726 e. The van der Waals surface area contributed by atoms with Crippen molar-refractivity contribution in [1.29, 1.82) is 0 Å². The molecule has 0 N–H and O–H groups in total. The summed E-state index contributed by atoms with van der Waals surface area (Å²) in [6, 6.07) is 0. The Kier molecular flexibility index (Phi) is 28.2. The zero-order valence-corrected chi connectivity index (χ0v) is 32.2. The Hall–Kier alpha value is 2.44. The maximum Gasteiger partial charge on any atom is 4.00 e. The molecule has 0 aromatic carbocycles. The first-order valence-electron chi connectivity index (χ1n) is 13.7. The van der Waals surface area contributed by atoms with Crippen LogP contribution >= 0.6 is 17.5 Å². The van der Waals surface area contributed by atoms with Crippen LogP contribution in [0.2, 0.25) is 0 Å². The molecule has 0 fully saturated rings. The second-order valence-corrected chi connectivity index (χ2v) is 22.5. The van der Waals surface area contributed by atoms with E-state index in [9.17, 15) is 0 Å². The van der Waals surface area contributed by atoms with Gasteiger partial charge in [-0.15, -0.1) is 0 Å². The third-order valence-corrected chi connectivity index (χ3v) is 24.8. The van der Waals surface area contributed by atoms with Crippen molar-refractivity contribution in [2.45, 2.75) is 101 Å². The molecular weight excluding hydrogens is 676 g/mol. The minimum atomic E-state index is -1.67. The molecule has 0 aromatic rings. The van der Waals surface area contributed by atoms with Gasteiger partial charge in [0.15, 0.2) is 0 Å². The second-order valence-electron chi connectivity index (χ2n) is 9.36. The predicted octanol–water partition coefficient (Wildman–Crippen LogP) is 8.10. The average molecular weight is 737 g/mol. The Balaban J connectivity index is -0.000000270. The van der Waals surface area contributed by atoms with Crippen LogP contribution in [0.25, 0.3) is 0 Å². The summed E-state index contributed by atoms with van der Waals surface area (Å²) < 4.78 is 13.7. The molecule has 0 amide bonds. The molecule has 0 atom stereocenters. The third kappa shape index (κ3) is 11.4. The van der Waals surface area contributed by atoms with Gasteiger partial charge in [0.2, 0.25) is 0 Å². The van der Waals surface area contributed by atoms with E-state index in [1.807, 2.05) is 6.92 Å². The first kappa shape index (κ1) is 44.5. The Labute approximate surface area is 261 Å². The van der Waals surface area contributed by atoms with Gasteiger partial charge in [-0.05, 0) is 85.1 Å². The molecule has 210 valence electrons. The van der Waals surface area contributed by atoms with Crippen LogP contribution in [-0.4, -0.2) is 68.0 Å². The zero-order valence-electron chi connectivity index (χ0n) is 24.9. The summed E-state index contributed by atoms with van der Waals surface area (Å²) in [6.07, 6.45) is 5.99. The van der Waals surface area contributed by atoms with Crippen LogP contribution in [0.1, 0.15) is 101 Å². The molecule has 0 saturated heterocycles. The molecule has 0 unspecified atom stereocenters. The van der Waals surface area contributed by atoms with Crippen LogP contribution in [0, 0.1) is 0 Å². The van der Waals surface area contributed by atoms with E-state index in [0.717, 1.165) is 21.8 Å². The van der Waals surface area contributed by atoms with Crippen LogP contribution in [-0.2, 0) is 76.9 Å². The van der Waals surface area contributed by atoms with Gasteiger partial charge in [-0.1, -0.05) is 71.1 Å². The molecule has 2 nitrogen and oxygen atoms in total. The van der Waals surface area contributed by atoms with Gasteiger partial charge in [0.25, 0.3) is 0 Å². The summed E-state index contributed by atoms with van der Waals surface area (Å²) in [5, 5.41) is 0. The van der Waals surface area contributed by atoms with Crippen molar-refractivity contribution in [2.75, 3.05) is 59.2 Å². The molecule has 0 bridgehead atoms. The Morgan fingerprint density at radius 1 is 0.486 bits per heavy atom. The predicted molar refractivity (Wildman–Crippen MR) is 171 cm³/mol. The van der Waals surface area contributed by atoms with E-state index < -0.39 is 17.5 Å². The van der Waals surface area contributed by atoms with E-state index in [1.54, 1.807) is 0 Å². The zero-order chi connectivity index (χ0) is 26.1. The molecule has 0 aliphatic rings. The van der Waals surface area contributed by atoms with E-state index >= 15 is 0 Å². The maximum absolute atomic E-state index is 6.05. The minimum Gasteiger partial charge on any atom is -0.726 e. The van der Waals surface area contributed by atoms with Crippen molar-refractivity contribution in [2.24, 2.45) is 0 Å². The average Bonchev–Trinajstić information content (AvgIpc) is 2.81. The fourth-order valence-electron chi connectivity index (χ4n) is 5.42. The van der Waals surface area contributed by atoms with Crippen molar-refractivity contribution in [1.82, 2.24) is 0 Å². The Morgan fingerprint density at radius 2 is 0.800 bits per heavy atom. The van der Waals surface area contributed by atoms with Crippen LogP contribution in [0.3, 0.4) is 0 Å². The molecular formula is C27H60Mo2O2S4+6. The van der Waals surface area contributed by atoms with E-state index in [1.165, 1.54) is 71.7 Å². The molecule has 0 radical (unpaired) electrons. The van der Waals surface area contributed by atoms with Crippen molar-refractivity contribution in [3.8, 4) is 0 Å². The van der Waals surface area contributed by atoms with Crippen molar-refractivity contribution in [3.05, 3.63) is 0 Å². The molecule has 0 saturated carbocycles. The summed E-state index contributed by atoms with van der Waals surface area (Å²) >= 11 is 11.4. The molecule has 0 aliphatic carbocycles. The van der Waals surface area contributed by atoms with Gasteiger partial charge in [0.1, 0.15) is 0 Å². The van der Waals surface area contributed by atoms with Crippen molar-refractivity contribution < 1.29 is 51.6 Å². The van der Waals surface area contributed by atoms with E-state index in [0.29, 0.717) is 6.61 Å². The first-order valence-corrected chi connectivity index (χ1v) is 19.9. The summed E-state index contributed by atoms with van der Waals surface area (Å²) in [4.78, 5) is 0. The molecule has 0 aromatic heterocycles. The quantitative estimate of drug-likeness (QED) is 0.0962. The summed E-state index contributed by atoms with van der Waals surface area (Å²) in [5.41, 5.74) is 0. The van der Waals surface area contributed by atoms with Crippen LogP contribution < -0.4 is 0 Å². The maximum atomic E-state index is 6.05. The van der Waals surface area contributed by atoms with Gasteiger partial charge in [-0.3, -0.25) is 0 Å². The third-order valence-electron chi connectivity index (χ3n) is 7.61. The second kappa shape index (κ2) is 22.2. The number of hydrogen-bond acceptors (Lipinski definition) is 4. The Bertz CT molecular complexity index is 593. The Morgan fingerprint density at radius 3 is 1.03 bits per heavy atom. The molecule has 8 heteroatoms. The van der Waals surface area contributed by atoms with Gasteiger partial charge in [0.05, 0.1) is 6.61 Å². The minimum absolute atomic E-state index is 0. The van der Waals surface area contributed by atoms with Crippen LogP contribution in [0.5, 0.6) is 0 Å². The normalized spacial score (nSPS) is 13.6. The molecule has 0 rings (SSSR count). The number of ether oxygens (including phenoxy) is 2. The summed E-state index contributed by atoms with van der Waals surface area (Å²) in [6.45, 7) is 24.0. The van der Waals surface area contributed by atoms with Crippen molar-refractivity contribution >= 4 is 51.5 Å². The molecule has 0 spiro atoms. The fraction of sp³-hybridized carbons (Fsp3) is 0.926. The van der Waals surface area contributed by atoms with E-state index in [-0.39, 0.29) is 42.1 Å². The van der Waals surface area contributed by atoms with E-state index in [2.05, 4.69) is 62.3 Å². The van der Waals surface area contributed by atoms with Gasteiger partial charge in [-0.25, -0.2) is 17.5 Å². The molecule has 35 heavy (non-hydrogen) atoms. The number of hydrogen-bond donors (Lipinski definition) is 0. The van der Waals surface area contributed by atoms with Gasteiger partial charge in [0, 0.05) is 6.61 Å². The SMILES string of the molecule is CCCOC([S-])=S(CCC)(CCC)(CCC)CCC.CCOC([S-])=S(CC)(CC)(CC)CC.[Mo+4].[Mo+4]. The van der Waals surface area contributed by atoms with Crippen LogP contribution in [0.4, 0.5) is 0 Å². The number of rotatable bonds is 15. The first-order chi connectivity index (χ1) is 15.6. The monoisotopic (exact) mass is 740 g/mol. The molecule has 0 aliphatic heterocycles. The van der Waals surface area contributed by atoms with Crippen LogP contribution in [0.15, 0.2) is 0 Å². The fourth-order valence-corrected chi connectivity index (χ4v) is 18.5. The molecule has 0 heterocycles. The summed E-state index contributed by atoms with van der Waals surface area (Å²) in [7, 11) is -3.23. The standard InChI is InChI=1S/C16H36OS2.C11H26OS2.2Mo/c1-6-11-17-16(18)19(12-7-2,13-8-3,14-9-4)15-10-5;1-6-12-11(13)14(7-2,8-3,9-4)10-5;;/h18H,6-15H2,1-5H3;13H,6-10H2,1-5H3;;/q;;2*+4/p-2. The van der Waals surface area contributed by atoms with Gasteiger partial charge >= 0.3 is 42.1 Å². The summed E-state index contributed by atoms with van der Waals surface area (Å²) in [5.74, 6) is 9.87.